The molecular weight excluding hydrogens is 320 g/mol. The largest absolute Gasteiger partial charge is 0.383 e. The van der Waals surface area contributed by atoms with E-state index in [4.69, 9.17) is 5.73 Å². The van der Waals surface area contributed by atoms with Gasteiger partial charge in [-0.1, -0.05) is 6.92 Å². The zero-order chi connectivity index (χ0) is 18.0. The molecule has 8 heteroatoms. The van der Waals surface area contributed by atoms with Crippen molar-refractivity contribution in [3.8, 4) is 0 Å². The summed E-state index contributed by atoms with van der Waals surface area (Å²) >= 11 is 0. The number of nitrogens with zero attached hydrogens (tertiary/aromatic N) is 3. The molecule has 0 aromatic carbocycles. The summed E-state index contributed by atoms with van der Waals surface area (Å²) in [6.07, 6.45) is 6.72. The Balaban J connectivity index is 1.76. The van der Waals surface area contributed by atoms with Crippen LogP contribution < -0.4 is 11.1 Å². The zero-order valence-electron chi connectivity index (χ0n) is 14.3. The standard InChI is InChI=1S/C17H22N6O2/c1-10-3-4-14(12-6-20-21-7-12)23(9-10)17(25)16(24)22-13-5-11(2)15(18)19-8-13/h5-8,10,14H,3-4,9H2,1-2H3,(H2,18,19)(H,20,21)(H,22,24)/t10-,14+/m1/s1. The zero-order valence-corrected chi connectivity index (χ0v) is 14.3. The number of nitrogens with two attached hydrogens (primary N) is 1. The molecule has 2 amide bonds. The summed E-state index contributed by atoms with van der Waals surface area (Å²) in [4.78, 5) is 30.8. The molecule has 0 saturated carbocycles. The maximum absolute atomic E-state index is 12.7. The average Bonchev–Trinajstić information content (AvgIpc) is 3.11. The second-order valence-electron chi connectivity index (χ2n) is 6.57. The van der Waals surface area contributed by atoms with E-state index < -0.39 is 11.8 Å². The van der Waals surface area contributed by atoms with Crippen LogP contribution in [0, 0.1) is 12.8 Å². The molecule has 2 atom stereocenters. The van der Waals surface area contributed by atoms with Gasteiger partial charge in [0.15, 0.2) is 0 Å². The molecule has 2 aromatic rings. The first-order valence-electron chi connectivity index (χ1n) is 8.28. The molecule has 0 spiro atoms. The van der Waals surface area contributed by atoms with E-state index in [1.54, 1.807) is 30.3 Å². The molecule has 0 aliphatic carbocycles. The van der Waals surface area contributed by atoms with Crippen molar-refractivity contribution in [1.82, 2.24) is 20.1 Å². The molecule has 25 heavy (non-hydrogen) atoms. The maximum Gasteiger partial charge on any atom is 0.313 e. The summed E-state index contributed by atoms with van der Waals surface area (Å²) in [7, 11) is 0. The lowest BCUT2D eigenvalue weighted by Crippen LogP contribution is -2.46. The summed E-state index contributed by atoms with van der Waals surface area (Å²) < 4.78 is 0. The molecule has 3 rings (SSSR count). The van der Waals surface area contributed by atoms with E-state index in [-0.39, 0.29) is 6.04 Å². The highest BCUT2D eigenvalue weighted by atomic mass is 16.2. The third-order valence-electron chi connectivity index (χ3n) is 4.55. The summed E-state index contributed by atoms with van der Waals surface area (Å²) in [6, 6.07) is 1.55. The highest BCUT2D eigenvalue weighted by Crippen LogP contribution is 2.33. The average molecular weight is 342 g/mol. The molecule has 1 aliphatic heterocycles. The van der Waals surface area contributed by atoms with Gasteiger partial charge < -0.3 is 16.0 Å². The van der Waals surface area contributed by atoms with Gasteiger partial charge in [0.2, 0.25) is 0 Å². The van der Waals surface area contributed by atoms with Gasteiger partial charge in [-0.15, -0.1) is 0 Å². The molecule has 4 N–H and O–H groups in total. The molecular formula is C17H22N6O2. The van der Waals surface area contributed by atoms with Crippen LogP contribution in [-0.2, 0) is 9.59 Å². The number of nitrogens with one attached hydrogen (secondary N) is 2. The number of amides is 2. The molecule has 1 saturated heterocycles. The Morgan fingerprint density at radius 2 is 2.16 bits per heavy atom. The number of aryl methyl sites for hydroxylation is 1. The second-order valence-corrected chi connectivity index (χ2v) is 6.57. The number of hydrogen-bond donors (Lipinski definition) is 3. The van der Waals surface area contributed by atoms with Gasteiger partial charge in [0.1, 0.15) is 5.82 Å². The third kappa shape index (κ3) is 3.62. The lowest BCUT2D eigenvalue weighted by molar-refractivity contribution is -0.146. The van der Waals surface area contributed by atoms with Gasteiger partial charge in [-0.25, -0.2) is 4.98 Å². The van der Waals surface area contributed by atoms with Gasteiger partial charge in [-0.3, -0.25) is 14.7 Å². The van der Waals surface area contributed by atoms with Crippen LogP contribution in [0.1, 0.15) is 36.9 Å². The first-order chi connectivity index (χ1) is 12.0. The third-order valence-corrected chi connectivity index (χ3v) is 4.55. The van der Waals surface area contributed by atoms with Gasteiger partial charge in [0, 0.05) is 18.3 Å². The number of carbonyl (C=O) groups is 2. The Morgan fingerprint density at radius 3 is 2.84 bits per heavy atom. The number of aromatic nitrogens is 3. The van der Waals surface area contributed by atoms with Crippen LogP contribution in [0.3, 0.4) is 0 Å². The van der Waals surface area contributed by atoms with Crippen LogP contribution in [0.4, 0.5) is 11.5 Å². The first kappa shape index (κ1) is 16.9. The Bertz CT molecular complexity index is 773. The number of likely N-dealkylation sites (tertiary alicyclic amines) is 1. The fourth-order valence-corrected chi connectivity index (χ4v) is 3.14. The minimum Gasteiger partial charge on any atom is -0.383 e. The topological polar surface area (TPSA) is 117 Å². The molecule has 8 nitrogen and oxygen atoms in total. The number of pyridine rings is 1. The molecule has 0 unspecified atom stereocenters. The van der Waals surface area contributed by atoms with E-state index in [0.717, 1.165) is 24.0 Å². The van der Waals surface area contributed by atoms with Crippen LogP contribution in [0.2, 0.25) is 0 Å². The SMILES string of the molecule is Cc1cc(NC(=O)C(=O)N2C[C@H](C)CC[C@H]2c2cn[nH]c2)cnc1N. The number of carbonyl (C=O) groups excluding carboxylic acids is 2. The monoisotopic (exact) mass is 342 g/mol. The number of anilines is 2. The number of nitrogen functional groups attached to an aromatic ring is 1. The van der Waals surface area contributed by atoms with Crippen molar-refractivity contribution >= 4 is 23.3 Å². The number of hydrogen-bond acceptors (Lipinski definition) is 5. The predicted octanol–water partition coefficient (Wildman–Crippen LogP) is 1.63. The van der Waals surface area contributed by atoms with E-state index in [0.29, 0.717) is 24.0 Å². The fraction of sp³-hybridized carbons (Fsp3) is 0.412. The first-order valence-corrected chi connectivity index (χ1v) is 8.28. The van der Waals surface area contributed by atoms with Gasteiger partial charge in [-0.2, -0.15) is 5.10 Å². The molecule has 0 radical (unpaired) electrons. The Kier molecular flexibility index (Phi) is 4.69. The number of aromatic amines is 1. The summed E-state index contributed by atoms with van der Waals surface area (Å²) in [5, 5.41) is 9.34. The number of rotatable bonds is 2. The van der Waals surface area contributed by atoms with Crippen LogP contribution in [0.5, 0.6) is 0 Å². The van der Waals surface area contributed by atoms with Gasteiger partial charge in [0.05, 0.1) is 24.1 Å². The molecule has 2 aromatic heterocycles. The van der Waals surface area contributed by atoms with Gasteiger partial charge in [-0.05, 0) is 37.3 Å². The maximum atomic E-state index is 12.7. The van der Waals surface area contributed by atoms with E-state index in [2.05, 4.69) is 27.4 Å². The van der Waals surface area contributed by atoms with E-state index in [1.807, 2.05) is 0 Å². The normalized spacial score (nSPS) is 20.3. The van der Waals surface area contributed by atoms with Gasteiger partial charge >= 0.3 is 11.8 Å². The minimum atomic E-state index is -0.673. The smallest absolute Gasteiger partial charge is 0.313 e. The van der Waals surface area contributed by atoms with E-state index in [1.165, 1.54) is 6.20 Å². The van der Waals surface area contributed by atoms with Crippen molar-refractivity contribution in [2.45, 2.75) is 32.7 Å². The Morgan fingerprint density at radius 1 is 1.36 bits per heavy atom. The van der Waals surface area contributed by atoms with E-state index in [9.17, 15) is 9.59 Å². The molecule has 3 heterocycles. The van der Waals surface area contributed by atoms with Crippen molar-refractivity contribution in [2.75, 3.05) is 17.6 Å². The molecule has 1 fully saturated rings. The number of H-pyrrole nitrogens is 1. The second kappa shape index (κ2) is 6.92. The van der Waals surface area contributed by atoms with Crippen molar-refractivity contribution in [3.05, 3.63) is 35.8 Å². The lowest BCUT2D eigenvalue weighted by Gasteiger charge is -2.37. The Hall–Kier alpha value is -2.90. The van der Waals surface area contributed by atoms with Crippen LogP contribution in [0.25, 0.3) is 0 Å². The van der Waals surface area contributed by atoms with Gasteiger partial charge in [0.25, 0.3) is 0 Å². The van der Waals surface area contributed by atoms with Crippen molar-refractivity contribution in [1.29, 1.82) is 0 Å². The summed E-state index contributed by atoms with van der Waals surface area (Å²) in [5.74, 6) is -0.477. The van der Waals surface area contributed by atoms with Crippen LogP contribution in [0.15, 0.2) is 24.7 Å². The van der Waals surface area contributed by atoms with Crippen molar-refractivity contribution in [3.63, 3.8) is 0 Å². The molecule has 0 bridgehead atoms. The van der Waals surface area contributed by atoms with Crippen molar-refractivity contribution < 1.29 is 9.59 Å². The fourth-order valence-electron chi connectivity index (χ4n) is 3.14. The quantitative estimate of drug-likeness (QED) is 0.717. The molecule has 1 aliphatic rings. The van der Waals surface area contributed by atoms with E-state index >= 15 is 0 Å². The van der Waals surface area contributed by atoms with Crippen LogP contribution in [-0.4, -0.2) is 38.4 Å². The van der Waals surface area contributed by atoms with Crippen LogP contribution >= 0.6 is 0 Å². The highest BCUT2D eigenvalue weighted by molar-refractivity contribution is 6.39. The highest BCUT2D eigenvalue weighted by Gasteiger charge is 2.34. The van der Waals surface area contributed by atoms with Crippen molar-refractivity contribution in [2.24, 2.45) is 5.92 Å². The Labute approximate surface area is 145 Å². The molecule has 132 valence electrons. The minimum absolute atomic E-state index is 0.139. The summed E-state index contributed by atoms with van der Waals surface area (Å²) in [6.45, 7) is 4.42. The predicted molar refractivity (Wildman–Crippen MR) is 93.5 cm³/mol. The summed E-state index contributed by atoms with van der Waals surface area (Å²) in [5.41, 5.74) is 7.79. The number of piperidine rings is 1. The lowest BCUT2D eigenvalue weighted by atomic mass is 9.91.